The summed E-state index contributed by atoms with van der Waals surface area (Å²) in [6, 6.07) is 8.80. The molecule has 1 aromatic heterocycles. The molecule has 0 unspecified atom stereocenters. The number of nitro benzene ring substituents is 1. The zero-order valence-corrected chi connectivity index (χ0v) is 12.1. The first-order chi connectivity index (χ1) is 10.2. The molecule has 108 valence electrons. The van der Waals surface area contributed by atoms with Gasteiger partial charge in [0.05, 0.1) is 22.6 Å². The predicted octanol–water partition coefficient (Wildman–Crippen LogP) is 3.18. The lowest BCUT2D eigenvalue weighted by molar-refractivity contribution is -0.385. The molecule has 6 heteroatoms. The molecule has 0 aliphatic carbocycles. The van der Waals surface area contributed by atoms with Crippen LogP contribution < -0.4 is 4.90 Å². The van der Waals surface area contributed by atoms with Gasteiger partial charge in [-0.2, -0.15) is 0 Å². The van der Waals surface area contributed by atoms with E-state index < -0.39 is 0 Å². The first-order valence-corrected chi connectivity index (χ1v) is 7.64. The Morgan fingerprint density at radius 1 is 1.33 bits per heavy atom. The Kier molecular flexibility index (Phi) is 3.70. The highest BCUT2D eigenvalue weighted by atomic mass is 32.1. The van der Waals surface area contributed by atoms with Crippen molar-refractivity contribution >= 4 is 28.6 Å². The summed E-state index contributed by atoms with van der Waals surface area (Å²) in [5, 5.41) is 13.1. The molecule has 0 atom stereocenters. The molecule has 5 nitrogen and oxygen atoms in total. The number of amides is 1. The first kappa shape index (κ1) is 13.8. The molecule has 0 radical (unpaired) electrons. The number of carbonyl (C=O) groups excluding carboxylic acids is 1. The van der Waals surface area contributed by atoms with Crippen LogP contribution in [-0.2, 0) is 17.6 Å². The average Bonchev–Trinajstić information content (AvgIpc) is 2.98. The van der Waals surface area contributed by atoms with Crippen molar-refractivity contribution in [3.63, 3.8) is 0 Å². The number of rotatable bonds is 3. The summed E-state index contributed by atoms with van der Waals surface area (Å²) in [4.78, 5) is 25.9. The van der Waals surface area contributed by atoms with E-state index in [0.717, 1.165) is 11.3 Å². The summed E-state index contributed by atoms with van der Waals surface area (Å²) in [5.41, 5.74) is 1.48. The van der Waals surface area contributed by atoms with Crippen LogP contribution in [0.25, 0.3) is 0 Å². The van der Waals surface area contributed by atoms with Crippen molar-refractivity contribution in [1.29, 1.82) is 0 Å². The molecule has 1 amide bonds. The highest BCUT2D eigenvalue weighted by Gasteiger charge is 2.27. The summed E-state index contributed by atoms with van der Waals surface area (Å²) < 4.78 is 0. The minimum atomic E-state index is -0.369. The maximum atomic E-state index is 12.5. The SMILES string of the molecule is O=C(Cc1cccs1)N1CCCc2c1cccc2[N+](=O)[O-]. The molecule has 0 fully saturated rings. The quantitative estimate of drug-likeness (QED) is 0.646. The van der Waals surface area contributed by atoms with Crippen LogP contribution in [-0.4, -0.2) is 17.4 Å². The van der Waals surface area contributed by atoms with Crippen molar-refractivity contribution in [3.05, 3.63) is 56.3 Å². The molecule has 2 heterocycles. The summed E-state index contributed by atoms with van der Waals surface area (Å²) in [7, 11) is 0. The molecule has 2 aromatic rings. The third kappa shape index (κ3) is 2.67. The molecule has 1 aromatic carbocycles. The second-order valence-electron chi connectivity index (χ2n) is 4.94. The number of benzene rings is 1. The second kappa shape index (κ2) is 5.65. The molecule has 0 saturated carbocycles. The van der Waals surface area contributed by atoms with E-state index in [9.17, 15) is 14.9 Å². The molecular formula is C15H14N2O3S. The highest BCUT2D eigenvalue weighted by Crippen LogP contribution is 2.34. The average molecular weight is 302 g/mol. The van der Waals surface area contributed by atoms with Gasteiger partial charge in [-0.1, -0.05) is 12.1 Å². The zero-order valence-electron chi connectivity index (χ0n) is 11.3. The Labute approximate surface area is 126 Å². The molecule has 0 saturated heterocycles. The van der Waals surface area contributed by atoms with Gasteiger partial charge >= 0.3 is 0 Å². The van der Waals surface area contributed by atoms with Gasteiger partial charge in [-0.3, -0.25) is 14.9 Å². The van der Waals surface area contributed by atoms with Gasteiger partial charge in [-0.25, -0.2) is 0 Å². The third-order valence-electron chi connectivity index (χ3n) is 3.63. The fourth-order valence-corrected chi connectivity index (χ4v) is 3.39. The number of fused-ring (bicyclic) bond motifs is 1. The fraction of sp³-hybridized carbons (Fsp3) is 0.267. The van der Waals surface area contributed by atoms with E-state index >= 15 is 0 Å². The topological polar surface area (TPSA) is 63.5 Å². The van der Waals surface area contributed by atoms with Crippen molar-refractivity contribution in [2.24, 2.45) is 0 Å². The van der Waals surface area contributed by atoms with Crippen LogP contribution in [0.15, 0.2) is 35.7 Å². The number of nitrogens with zero attached hydrogens (tertiary/aromatic N) is 2. The molecule has 0 N–H and O–H groups in total. The predicted molar refractivity (Wildman–Crippen MR) is 81.8 cm³/mol. The van der Waals surface area contributed by atoms with E-state index in [-0.39, 0.29) is 16.5 Å². The third-order valence-corrected chi connectivity index (χ3v) is 4.51. The Hall–Kier alpha value is -2.21. The molecule has 1 aliphatic rings. The summed E-state index contributed by atoms with van der Waals surface area (Å²) in [6.45, 7) is 0.623. The smallest absolute Gasteiger partial charge is 0.274 e. The van der Waals surface area contributed by atoms with Gasteiger partial charge in [-0.05, 0) is 30.4 Å². The van der Waals surface area contributed by atoms with Gasteiger partial charge in [-0.15, -0.1) is 11.3 Å². The van der Waals surface area contributed by atoms with Gasteiger partial charge in [0.2, 0.25) is 5.91 Å². The second-order valence-corrected chi connectivity index (χ2v) is 5.97. The van der Waals surface area contributed by atoms with Crippen LogP contribution >= 0.6 is 11.3 Å². The van der Waals surface area contributed by atoms with E-state index in [1.54, 1.807) is 28.4 Å². The van der Waals surface area contributed by atoms with Gasteiger partial charge < -0.3 is 4.90 Å². The molecule has 3 rings (SSSR count). The highest BCUT2D eigenvalue weighted by molar-refractivity contribution is 7.10. The van der Waals surface area contributed by atoms with E-state index in [1.807, 2.05) is 17.5 Å². The van der Waals surface area contributed by atoms with E-state index in [2.05, 4.69) is 0 Å². The monoisotopic (exact) mass is 302 g/mol. The maximum absolute atomic E-state index is 12.5. The minimum absolute atomic E-state index is 0.00102. The first-order valence-electron chi connectivity index (χ1n) is 6.76. The number of nitro groups is 1. The Bertz CT molecular complexity index is 682. The lowest BCUT2D eigenvalue weighted by Gasteiger charge is -2.29. The van der Waals surface area contributed by atoms with Crippen LogP contribution in [0.3, 0.4) is 0 Å². The molecular weight excluding hydrogens is 288 g/mol. The zero-order chi connectivity index (χ0) is 14.8. The number of hydrogen-bond acceptors (Lipinski definition) is 4. The van der Waals surface area contributed by atoms with E-state index in [0.29, 0.717) is 30.6 Å². The molecule has 0 spiro atoms. The van der Waals surface area contributed by atoms with Crippen molar-refractivity contribution in [2.45, 2.75) is 19.3 Å². The van der Waals surface area contributed by atoms with Gasteiger partial charge in [0, 0.05) is 17.5 Å². The summed E-state index contributed by atoms with van der Waals surface area (Å²) in [6.07, 6.45) is 1.75. The van der Waals surface area contributed by atoms with Crippen LogP contribution in [0.4, 0.5) is 11.4 Å². The molecule has 1 aliphatic heterocycles. The fourth-order valence-electron chi connectivity index (χ4n) is 2.69. The van der Waals surface area contributed by atoms with Crippen molar-refractivity contribution in [2.75, 3.05) is 11.4 Å². The van der Waals surface area contributed by atoms with Crippen molar-refractivity contribution in [1.82, 2.24) is 0 Å². The van der Waals surface area contributed by atoms with Crippen LogP contribution in [0.5, 0.6) is 0 Å². The largest absolute Gasteiger partial charge is 0.312 e. The van der Waals surface area contributed by atoms with Crippen LogP contribution in [0, 0.1) is 10.1 Å². The van der Waals surface area contributed by atoms with Gasteiger partial charge in [0.25, 0.3) is 5.69 Å². The lowest BCUT2D eigenvalue weighted by atomic mass is 9.99. The summed E-state index contributed by atoms with van der Waals surface area (Å²) >= 11 is 1.55. The number of thiophene rings is 1. The van der Waals surface area contributed by atoms with Crippen LogP contribution in [0.2, 0.25) is 0 Å². The summed E-state index contributed by atoms with van der Waals surface area (Å²) in [5.74, 6) is -0.00102. The van der Waals surface area contributed by atoms with Gasteiger partial charge in [0.1, 0.15) is 0 Å². The Morgan fingerprint density at radius 3 is 2.90 bits per heavy atom. The standard InChI is InChI=1S/C15H14N2O3S/c18-15(10-11-4-3-9-21-11)16-8-2-5-12-13(16)6-1-7-14(12)17(19)20/h1,3-4,6-7,9H,2,5,8,10H2. The van der Waals surface area contributed by atoms with E-state index in [1.165, 1.54) is 6.07 Å². The van der Waals surface area contributed by atoms with Gasteiger partial charge in [0.15, 0.2) is 0 Å². The maximum Gasteiger partial charge on any atom is 0.274 e. The minimum Gasteiger partial charge on any atom is -0.312 e. The molecule has 21 heavy (non-hydrogen) atoms. The van der Waals surface area contributed by atoms with Crippen molar-refractivity contribution in [3.8, 4) is 0 Å². The molecule has 0 bridgehead atoms. The normalized spacial score (nSPS) is 13.8. The number of carbonyl (C=O) groups is 1. The van der Waals surface area contributed by atoms with Crippen LogP contribution in [0.1, 0.15) is 16.9 Å². The number of anilines is 1. The lowest BCUT2D eigenvalue weighted by Crippen LogP contribution is -2.36. The Balaban J connectivity index is 1.92. The Morgan fingerprint density at radius 2 is 2.19 bits per heavy atom. The number of hydrogen-bond donors (Lipinski definition) is 0. The van der Waals surface area contributed by atoms with E-state index in [4.69, 9.17) is 0 Å². The van der Waals surface area contributed by atoms with Crippen molar-refractivity contribution < 1.29 is 9.72 Å².